The third kappa shape index (κ3) is 6.70. The van der Waals surface area contributed by atoms with Crippen molar-refractivity contribution in [2.75, 3.05) is 6.54 Å². The van der Waals surface area contributed by atoms with Crippen LogP contribution >= 0.6 is 0 Å². The monoisotopic (exact) mass is 123 g/mol. The van der Waals surface area contributed by atoms with Crippen LogP contribution in [0.5, 0.6) is 0 Å². The highest BCUT2D eigenvalue weighted by Gasteiger charge is 1.66. The zero-order valence-electron chi connectivity index (χ0n) is 5.33. The summed E-state index contributed by atoms with van der Waals surface area (Å²) < 4.78 is 0. The lowest BCUT2D eigenvalue weighted by molar-refractivity contribution is 1.20. The first-order chi connectivity index (χ1) is 4.41. The van der Waals surface area contributed by atoms with Gasteiger partial charge in [0, 0.05) is 0 Å². The van der Waals surface area contributed by atoms with E-state index < -0.39 is 0 Å². The summed E-state index contributed by atoms with van der Waals surface area (Å²) in [7, 11) is 0. The van der Waals surface area contributed by atoms with Crippen molar-refractivity contribution in [1.82, 2.24) is 5.32 Å². The van der Waals surface area contributed by atoms with Crippen LogP contribution in [0.2, 0.25) is 0 Å². The van der Waals surface area contributed by atoms with E-state index in [4.69, 9.17) is 5.26 Å². The minimum Gasteiger partial charge on any atom is -0.353 e. The molecule has 3 heteroatoms. The van der Waals surface area contributed by atoms with E-state index in [1.54, 1.807) is 6.20 Å². The summed E-state index contributed by atoms with van der Waals surface area (Å²) in [6.07, 6.45) is 5.07. The number of hydrogen-bond donors (Lipinski definition) is 1. The Bertz CT molecular complexity index is 141. The maximum Gasteiger partial charge on any atom is 0.127 e. The Balaban J connectivity index is 3.17. The number of aliphatic imine (C=N–C) groups is 1. The van der Waals surface area contributed by atoms with E-state index in [1.807, 2.05) is 19.1 Å². The number of hydrogen-bond acceptors (Lipinski definition) is 2. The number of nitriles is 1. The van der Waals surface area contributed by atoms with Crippen molar-refractivity contribution in [2.45, 2.75) is 6.92 Å². The molecule has 1 N–H and O–H groups in total. The molecule has 0 saturated heterocycles. The summed E-state index contributed by atoms with van der Waals surface area (Å²) in [5, 5.41) is 10.8. The van der Waals surface area contributed by atoms with Crippen LogP contribution in [0.1, 0.15) is 6.92 Å². The molecule has 0 aliphatic heterocycles. The van der Waals surface area contributed by atoms with Crippen LogP contribution in [0.25, 0.3) is 0 Å². The molecule has 9 heavy (non-hydrogen) atoms. The average Bonchev–Trinajstić information content (AvgIpc) is 1.89. The van der Waals surface area contributed by atoms with Crippen LogP contribution in [0, 0.1) is 11.3 Å². The Morgan fingerprint density at radius 3 is 3.11 bits per heavy atom. The third-order valence-corrected chi connectivity index (χ3v) is 0.591. The minimum absolute atomic E-state index is 0.213. The zero-order chi connectivity index (χ0) is 6.95. The molecule has 48 valence electrons. The Morgan fingerprint density at radius 2 is 2.56 bits per heavy atom. The van der Waals surface area contributed by atoms with Gasteiger partial charge < -0.3 is 5.32 Å². The lowest BCUT2D eigenvalue weighted by Crippen LogP contribution is -1.99. The standard InChI is InChI=1S/C6H9N3/c1-2-4-8-6-9-5-3-7/h2,4,6H,5H2,1H3,(H,8,9)/b4-2-. The van der Waals surface area contributed by atoms with Crippen LogP contribution < -0.4 is 5.32 Å². The van der Waals surface area contributed by atoms with Crippen LogP contribution in [0.4, 0.5) is 0 Å². The first-order valence-corrected chi connectivity index (χ1v) is 2.64. The van der Waals surface area contributed by atoms with Crippen molar-refractivity contribution >= 4 is 6.34 Å². The molecule has 0 aromatic carbocycles. The first-order valence-electron chi connectivity index (χ1n) is 2.64. The zero-order valence-corrected chi connectivity index (χ0v) is 5.33. The third-order valence-electron chi connectivity index (χ3n) is 0.591. The van der Waals surface area contributed by atoms with E-state index in [2.05, 4.69) is 10.3 Å². The maximum absolute atomic E-state index is 8.01. The smallest absolute Gasteiger partial charge is 0.127 e. The lowest BCUT2D eigenvalue weighted by atomic mass is 10.7. The highest BCUT2D eigenvalue weighted by atomic mass is 14.9. The minimum atomic E-state index is 0.213. The molecule has 0 aliphatic carbocycles. The summed E-state index contributed by atoms with van der Waals surface area (Å²) in [5.41, 5.74) is 0. The van der Waals surface area contributed by atoms with Crippen molar-refractivity contribution in [3.8, 4) is 6.07 Å². The molecule has 0 unspecified atom stereocenters. The Morgan fingerprint density at radius 1 is 1.78 bits per heavy atom. The fourth-order valence-electron chi connectivity index (χ4n) is 0.278. The number of nitrogens with one attached hydrogen (secondary N) is 1. The quantitative estimate of drug-likeness (QED) is 0.340. The molecule has 0 fully saturated rings. The van der Waals surface area contributed by atoms with Crippen molar-refractivity contribution in [2.24, 2.45) is 4.99 Å². The molecule has 0 spiro atoms. The molecule has 0 aliphatic rings. The van der Waals surface area contributed by atoms with Gasteiger partial charge in [0.15, 0.2) is 0 Å². The molecule has 0 aromatic heterocycles. The van der Waals surface area contributed by atoms with Gasteiger partial charge >= 0.3 is 0 Å². The summed E-state index contributed by atoms with van der Waals surface area (Å²) in [4.78, 5) is 3.68. The molecular formula is C6H9N3. The second-order valence-electron chi connectivity index (χ2n) is 1.29. The van der Waals surface area contributed by atoms with Gasteiger partial charge in [-0.3, -0.25) is 4.99 Å². The van der Waals surface area contributed by atoms with Gasteiger partial charge in [0.05, 0.1) is 12.4 Å². The fourth-order valence-corrected chi connectivity index (χ4v) is 0.278. The van der Waals surface area contributed by atoms with Crippen molar-refractivity contribution in [1.29, 1.82) is 5.26 Å². The normalized spacial score (nSPS) is 10.2. The van der Waals surface area contributed by atoms with Crippen LogP contribution in [-0.4, -0.2) is 12.9 Å². The molecule has 0 aromatic rings. The maximum atomic E-state index is 8.01. The highest BCUT2D eigenvalue weighted by Crippen LogP contribution is 1.62. The molecule has 0 bridgehead atoms. The van der Waals surface area contributed by atoms with Crippen LogP contribution in [0.3, 0.4) is 0 Å². The molecule has 0 amide bonds. The van der Waals surface area contributed by atoms with E-state index in [0.717, 1.165) is 0 Å². The van der Waals surface area contributed by atoms with Crippen molar-refractivity contribution in [3.63, 3.8) is 0 Å². The van der Waals surface area contributed by atoms with Gasteiger partial charge in [-0.15, -0.1) is 0 Å². The number of nitrogens with zero attached hydrogens (tertiary/aromatic N) is 2. The highest BCUT2D eigenvalue weighted by molar-refractivity contribution is 5.55. The summed E-state index contributed by atoms with van der Waals surface area (Å²) >= 11 is 0. The molecular weight excluding hydrogens is 114 g/mol. The van der Waals surface area contributed by atoms with Gasteiger partial charge in [-0.1, -0.05) is 6.08 Å². The van der Waals surface area contributed by atoms with Gasteiger partial charge in [-0.25, -0.2) is 0 Å². The molecule has 3 nitrogen and oxygen atoms in total. The number of rotatable bonds is 3. The van der Waals surface area contributed by atoms with Crippen molar-refractivity contribution in [3.05, 3.63) is 12.3 Å². The predicted octanol–water partition coefficient (Wildman–Crippen LogP) is 0.661. The SMILES string of the molecule is C/C=C\NC=NCC#N. The van der Waals surface area contributed by atoms with Gasteiger partial charge in [0.25, 0.3) is 0 Å². The first kappa shape index (κ1) is 7.70. The summed E-state index contributed by atoms with van der Waals surface area (Å²) in [5.74, 6) is 0. The van der Waals surface area contributed by atoms with E-state index in [1.165, 1.54) is 6.34 Å². The van der Waals surface area contributed by atoms with Gasteiger partial charge in [0.2, 0.25) is 0 Å². The topological polar surface area (TPSA) is 48.2 Å². The van der Waals surface area contributed by atoms with Crippen LogP contribution in [0.15, 0.2) is 17.3 Å². The molecule has 0 rings (SSSR count). The summed E-state index contributed by atoms with van der Waals surface area (Å²) in [6, 6.07) is 1.88. The molecule has 0 saturated carbocycles. The van der Waals surface area contributed by atoms with Gasteiger partial charge in [0.1, 0.15) is 6.54 Å². The lowest BCUT2D eigenvalue weighted by Gasteiger charge is -1.83. The molecule has 0 radical (unpaired) electrons. The Labute approximate surface area is 54.7 Å². The molecule has 0 atom stereocenters. The largest absolute Gasteiger partial charge is 0.353 e. The van der Waals surface area contributed by atoms with Crippen molar-refractivity contribution < 1.29 is 0 Å². The van der Waals surface area contributed by atoms with E-state index in [9.17, 15) is 0 Å². The Hall–Kier alpha value is -1.30. The Kier molecular flexibility index (Phi) is 5.73. The summed E-state index contributed by atoms with van der Waals surface area (Å²) in [6.45, 7) is 2.11. The van der Waals surface area contributed by atoms with Crippen LogP contribution in [-0.2, 0) is 0 Å². The van der Waals surface area contributed by atoms with E-state index >= 15 is 0 Å². The second kappa shape index (κ2) is 6.70. The predicted molar refractivity (Wildman–Crippen MR) is 36.9 cm³/mol. The van der Waals surface area contributed by atoms with E-state index in [0.29, 0.717) is 0 Å². The number of allylic oxidation sites excluding steroid dienone is 1. The fraction of sp³-hybridized carbons (Fsp3) is 0.333. The average molecular weight is 123 g/mol. The van der Waals surface area contributed by atoms with Gasteiger partial charge in [-0.2, -0.15) is 5.26 Å². The second-order valence-corrected chi connectivity index (χ2v) is 1.29. The van der Waals surface area contributed by atoms with E-state index in [-0.39, 0.29) is 6.54 Å². The molecule has 0 heterocycles. The van der Waals surface area contributed by atoms with Gasteiger partial charge in [-0.05, 0) is 13.1 Å².